The monoisotopic (exact) mass is 644 g/mol. The second kappa shape index (κ2) is 14.8. The standard InChI is InChI=1S/C34H36N4O9/c1-5-25-26-6-2-8-28(36-26)34(46-23-24-47-34)30-10-4-12-32(38-30)43-20-18-41-16-14-39-13-15-40-17-19-42-31-11-3-9-29(37-31)33(27(7-1)35-25)44-21-22-45-33/h1-12H,13-24H2. The van der Waals surface area contributed by atoms with Crippen LogP contribution in [0.15, 0.2) is 72.8 Å². The molecule has 8 bridgehead atoms. The third-order valence-electron chi connectivity index (χ3n) is 7.64. The Morgan fingerprint density at radius 1 is 0.362 bits per heavy atom. The summed E-state index contributed by atoms with van der Waals surface area (Å²) in [5.41, 5.74) is 3.31. The van der Waals surface area contributed by atoms with Gasteiger partial charge in [-0.05, 0) is 36.4 Å². The molecule has 13 nitrogen and oxygen atoms in total. The lowest BCUT2D eigenvalue weighted by Gasteiger charge is -2.27. The van der Waals surface area contributed by atoms with Crippen LogP contribution in [-0.4, -0.2) is 99.2 Å². The average Bonchev–Trinajstić information content (AvgIpc) is 3.83. The van der Waals surface area contributed by atoms with Crippen molar-refractivity contribution in [1.82, 2.24) is 19.9 Å². The van der Waals surface area contributed by atoms with Gasteiger partial charge >= 0.3 is 0 Å². The highest BCUT2D eigenvalue weighted by Crippen LogP contribution is 2.39. The fraction of sp³-hybridized carbons (Fsp3) is 0.412. The molecule has 3 aliphatic heterocycles. The fourth-order valence-electron chi connectivity index (χ4n) is 5.51. The highest BCUT2D eigenvalue weighted by Gasteiger charge is 2.45. The van der Waals surface area contributed by atoms with E-state index in [0.717, 1.165) is 0 Å². The maximum atomic E-state index is 6.23. The van der Waals surface area contributed by atoms with Crippen molar-refractivity contribution < 1.29 is 42.6 Å². The van der Waals surface area contributed by atoms with Crippen molar-refractivity contribution in [3.8, 4) is 23.1 Å². The van der Waals surface area contributed by atoms with E-state index < -0.39 is 11.6 Å². The van der Waals surface area contributed by atoms with E-state index in [-0.39, 0.29) is 0 Å². The summed E-state index contributed by atoms with van der Waals surface area (Å²) >= 11 is 0. The molecule has 7 heterocycles. The summed E-state index contributed by atoms with van der Waals surface area (Å²) in [6.45, 7) is 4.64. The first kappa shape index (κ1) is 31.5. The smallest absolute Gasteiger partial charge is 0.257 e. The summed E-state index contributed by atoms with van der Waals surface area (Å²) in [6, 6.07) is 22.2. The molecule has 0 radical (unpaired) electrons. The van der Waals surface area contributed by atoms with Crippen LogP contribution in [0.5, 0.6) is 11.8 Å². The highest BCUT2D eigenvalue weighted by atomic mass is 16.7. The van der Waals surface area contributed by atoms with Crippen LogP contribution in [0, 0.1) is 0 Å². The lowest BCUT2D eigenvalue weighted by molar-refractivity contribution is -0.136. The summed E-state index contributed by atoms with van der Waals surface area (Å²) in [4.78, 5) is 19.4. The van der Waals surface area contributed by atoms with E-state index in [2.05, 4.69) is 0 Å². The molecule has 13 heteroatoms. The Morgan fingerprint density at radius 2 is 0.702 bits per heavy atom. The third-order valence-corrected chi connectivity index (χ3v) is 7.64. The van der Waals surface area contributed by atoms with Gasteiger partial charge in [0.25, 0.3) is 11.6 Å². The first-order valence-corrected chi connectivity index (χ1v) is 15.7. The minimum Gasteiger partial charge on any atom is -0.475 e. The summed E-state index contributed by atoms with van der Waals surface area (Å²) in [5.74, 6) is -1.80. The van der Waals surface area contributed by atoms with Crippen LogP contribution in [0.4, 0.5) is 0 Å². The van der Waals surface area contributed by atoms with Gasteiger partial charge in [-0.15, -0.1) is 0 Å². The zero-order valence-electron chi connectivity index (χ0n) is 25.9. The minimum atomic E-state index is -1.32. The molecule has 0 unspecified atom stereocenters. The van der Waals surface area contributed by atoms with Crippen molar-refractivity contribution in [2.45, 2.75) is 11.6 Å². The van der Waals surface area contributed by atoms with Crippen molar-refractivity contribution in [2.75, 3.05) is 79.3 Å². The fourth-order valence-corrected chi connectivity index (χ4v) is 5.51. The molecule has 0 amide bonds. The van der Waals surface area contributed by atoms with Crippen molar-refractivity contribution in [3.63, 3.8) is 0 Å². The average molecular weight is 645 g/mol. The summed E-state index contributed by atoms with van der Waals surface area (Å²) < 4.78 is 53.6. The van der Waals surface area contributed by atoms with Gasteiger partial charge in [-0.25, -0.2) is 19.9 Å². The highest BCUT2D eigenvalue weighted by molar-refractivity contribution is 5.55. The zero-order valence-corrected chi connectivity index (χ0v) is 25.9. The molecule has 47 heavy (non-hydrogen) atoms. The van der Waals surface area contributed by atoms with Gasteiger partial charge in [0, 0.05) is 12.1 Å². The Morgan fingerprint density at radius 3 is 1.11 bits per heavy atom. The first-order chi connectivity index (χ1) is 23.3. The number of pyridine rings is 4. The number of hydrogen-bond acceptors (Lipinski definition) is 13. The van der Waals surface area contributed by atoms with Crippen LogP contribution in [0.3, 0.4) is 0 Å². The molecular formula is C34H36N4O9. The molecule has 0 saturated carbocycles. The normalized spacial score (nSPS) is 20.3. The van der Waals surface area contributed by atoms with Gasteiger partial charge in [-0.1, -0.05) is 24.3 Å². The molecular weight excluding hydrogens is 608 g/mol. The van der Waals surface area contributed by atoms with Crippen LogP contribution in [0.1, 0.15) is 22.8 Å². The van der Waals surface area contributed by atoms with Gasteiger partial charge in [0.15, 0.2) is 0 Å². The minimum absolute atomic E-state index is 0.316. The number of ether oxygens (including phenoxy) is 9. The van der Waals surface area contributed by atoms with E-state index in [1.54, 1.807) is 12.1 Å². The van der Waals surface area contributed by atoms with E-state index in [0.29, 0.717) is 125 Å². The number of hydrogen-bond donors (Lipinski definition) is 0. The van der Waals surface area contributed by atoms with E-state index in [1.165, 1.54) is 0 Å². The largest absolute Gasteiger partial charge is 0.475 e. The van der Waals surface area contributed by atoms with Gasteiger partial charge in [0.1, 0.15) is 36.0 Å². The molecule has 3 aliphatic rings. The number of aromatic nitrogens is 4. The second-order valence-corrected chi connectivity index (χ2v) is 10.7. The molecule has 2 spiro atoms. The lowest BCUT2D eigenvalue weighted by Crippen LogP contribution is -2.32. The van der Waals surface area contributed by atoms with Crippen molar-refractivity contribution in [3.05, 3.63) is 95.6 Å². The van der Waals surface area contributed by atoms with Crippen LogP contribution in [-0.2, 0) is 44.7 Å². The van der Waals surface area contributed by atoms with Gasteiger partial charge < -0.3 is 42.6 Å². The Labute approximate surface area is 272 Å². The molecule has 4 aromatic heterocycles. The van der Waals surface area contributed by atoms with Crippen LogP contribution in [0.2, 0.25) is 0 Å². The first-order valence-electron chi connectivity index (χ1n) is 15.7. The Bertz CT molecular complexity index is 1510. The maximum Gasteiger partial charge on any atom is 0.257 e. The topological polar surface area (TPSA) is 135 Å². The number of rotatable bonds is 0. The predicted octanol–water partition coefficient (Wildman–Crippen LogP) is 3.25. The number of nitrogens with zero attached hydrogens (tertiary/aromatic N) is 4. The maximum absolute atomic E-state index is 6.23. The van der Waals surface area contributed by atoms with E-state index >= 15 is 0 Å². The summed E-state index contributed by atoms with van der Waals surface area (Å²) in [7, 11) is 0. The van der Waals surface area contributed by atoms with Gasteiger partial charge in [-0.2, -0.15) is 0 Å². The Kier molecular flexibility index (Phi) is 9.91. The summed E-state index contributed by atoms with van der Waals surface area (Å²) in [6.07, 6.45) is 0. The molecule has 2 saturated heterocycles. The van der Waals surface area contributed by atoms with Crippen LogP contribution < -0.4 is 9.47 Å². The molecule has 4 aromatic rings. The van der Waals surface area contributed by atoms with Gasteiger partial charge in [0.05, 0.1) is 77.5 Å². The van der Waals surface area contributed by atoms with Crippen molar-refractivity contribution in [1.29, 1.82) is 0 Å². The van der Waals surface area contributed by atoms with E-state index in [9.17, 15) is 0 Å². The molecule has 0 N–H and O–H groups in total. The molecule has 0 aromatic carbocycles. The van der Waals surface area contributed by atoms with E-state index in [4.69, 9.17) is 62.6 Å². The SMILES string of the molecule is c1cc2nc(c1)C1(OCCO1)c1cccc(n1)-c1cccc(n1)C1(OCCO1)c1cccc(n1)OCCOCCOCCOCCO2. The van der Waals surface area contributed by atoms with Crippen molar-refractivity contribution in [2.24, 2.45) is 0 Å². The zero-order chi connectivity index (χ0) is 31.8. The van der Waals surface area contributed by atoms with Gasteiger partial charge in [-0.3, -0.25) is 0 Å². The summed E-state index contributed by atoms with van der Waals surface area (Å²) in [5, 5.41) is 0. The van der Waals surface area contributed by atoms with E-state index in [1.807, 2.05) is 60.7 Å². The third kappa shape index (κ3) is 6.97. The Hall–Kier alpha value is -4.08. The quantitative estimate of drug-likeness (QED) is 0.278. The van der Waals surface area contributed by atoms with Gasteiger partial charge in [0.2, 0.25) is 11.8 Å². The number of fused-ring (bicyclic) bond motifs is 13. The predicted molar refractivity (Wildman–Crippen MR) is 165 cm³/mol. The lowest BCUT2D eigenvalue weighted by atomic mass is 10.0. The van der Waals surface area contributed by atoms with Crippen LogP contribution >= 0.6 is 0 Å². The molecule has 246 valence electrons. The molecule has 2 fully saturated rings. The Balaban J connectivity index is 1.23. The van der Waals surface area contributed by atoms with Crippen LogP contribution in [0.25, 0.3) is 11.4 Å². The second-order valence-electron chi connectivity index (χ2n) is 10.7. The van der Waals surface area contributed by atoms with Crippen molar-refractivity contribution >= 4 is 0 Å². The molecule has 0 aliphatic carbocycles. The molecule has 0 atom stereocenters. The molecule has 7 rings (SSSR count).